The normalized spacial score (nSPS) is 11.2. The first-order chi connectivity index (χ1) is 12.9. The van der Waals surface area contributed by atoms with Gasteiger partial charge in [0.1, 0.15) is 5.75 Å². The van der Waals surface area contributed by atoms with E-state index in [1.165, 1.54) is 25.3 Å². The molecule has 3 N–H and O–H groups in total. The smallest absolute Gasteiger partial charge is 0.255 e. The molecule has 0 saturated heterocycles. The number of hydrogen-bond acceptors (Lipinski definition) is 5. The van der Waals surface area contributed by atoms with E-state index in [1.54, 1.807) is 18.7 Å². The Balaban J connectivity index is 1.85. The molecule has 1 amide bonds. The standard InChI is InChI=1S/C18H18N4O4S/c1-26-17-7-6-14(27(19,24)25)10-15(17)18(23)21-11-13-4-2-3-5-16(13)22-9-8-20-12-22/h2-10,12H,11H2,1H3,(H,21,23)(H2,19,24,25). The molecular formula is C18H18N4O4S. The van der Waals surface area contributed by atoms with Gasteiger partial charge in [-0.25, -0.2) is 18.5 Å². The van der Waals surface area contributed by atoms with E-state index in [-0.39, 0.29) is 22.8 Å². The number of nitrogens with zero attached hydrogens (tertiary/aromatic N) is 2. The molecule has 0 fully saturated rings. The van der Waals surface area contributed by atoms with E-state index in [1.807, 2.05) is 28.8 Å². The molecule has 0 aliphatic rings. The number of aromatic nitrogens is 2. The van der Waals surface area contributed by atoms with Gasteiger partial charge in [0.25, 0.3) is 5.91 Å². The lowest BCUT2D eigenvalue weighted by Gasteiger charge is -2.13. The van der Waals surface area contributed by atoms with Crippen molar-refractivity contribution < 1.29 is 17.9 Å². The first-order valence-electron chi connectivity index (χ1n) is 7.95. The van der Waals surface area contributed by atoms with Gasteiger partial charge < -0.3 is 14.6 Å². The lowest BCUT2D eigenvalue weighted by atomic mass is 10.1. The van der Waals surface area contributed by atoms with Crippen LogP contribution in [0.2, 0.25) is 0 Å². The summed E-state index contributed by atoms with van der Waals surface area (Å²) >= 11 is 0. The molecular weight excluding hydrogens is 368 g/mol. The van der Waals surface area contributed by atoms with E-state index in [0.717, 1.165) is 11.3 Å². The van der Waals surface area contributed by atoms with E-state index in [9.17, 15) is 13.2 Å². The van der Waals surface area contributed by atoms with Crippen LogP contribution >= 0.6 is 0 Å². The average molecular weight is 386 g/mol. The number of amides is 1. The molecule has 1 heterocycles. The largest absolute Gasteiger partial charge is 0.496 e. The van der Waals surface area contributed by atoms with Gasteiger partial charge in [0.2, 0.25) is 10.0 Å². The number of ether oxygens (including phenoxy) is 1. The molecule has 0 unspecified atom stereocenters. The summed E-state index contributed by atoms with van der Waals surface area (Å²) in [4.78, 5) is 16.5. The summed E-state index contributed by atoms with van der Waals surface area (Å²) in [6.07, 6.45) is 5.14. The zero-order chi connectivity index (χ0) is 19.4. The van der Waals surface area contributed by atoms with Gasteiger partial charge in [-0.05, 0) is 29.8 Å². The molecule has 1 aromatic heterocycles. The SMILES string of the molecule is COc1ccc(S(N)(=O)=O)cc1C(=O)NCc1ccccc1-n1ccnc1. The minimum atomic E-state index is -3.93. The highest BCUT2D eigenvalue weighted by Gasteiger charge is 2.17. The summed E-state index contributed by atoms with van der Waals surface area (Å²) in [5.74, 6) is -0.222. The van der Waals surface area contributed by atoms with E-state index in [2.05, 4.69) is 10.3 Å². The van der Waals surface area contributed by atoms with Crippen molar-refractivity contribution in [2.24, 2.45) is 5.14 Å². The van der Waals surface area contributed by atoms with Crippen LogP contribution in [0.15, 0.2) is 66.1 Å². The predicted molar refractivity (Wildman–Crippen MR) is 99.1 cm³/mol. The van der Waals surface area contributed by atoms with Crippen LogP contribution in [0, 0.1) is 0 Å². The van der Waals surface area contributed by atoms with Crippen molar-refractivity contribution in [3.05, 3.63) is 72.3 Å². The monoisotopic (exact) mass is 386 g/mol. The maximum Gasteiger partial charge on any atom is 0.255 e. The summed E-state index contributed by atoms with van der Waals surface area (Å²) in [5, 5.41) is 7.93. The Morgan fingerprint density at radius 1 is 1.26 bits per heavy atom. The van der Waals surface area contributed by atoms with Crippen molar-refractivity contribution in [3.63, 3.8) is 0 Å². The van der Waals surface area contributed by atoms with Gasteiger partial charge in [-0.15, -0.1) is 0 Å². The van der Waals surface area contributed by atoms with Gasteiger partial charge in [-0.3, -0.25) is 4.79 Å². The summed E-state index contributed by atoms with van der Waals surface area (Å²) in [5.41, 5.74) is 1.83. The van der Waals surface area contributed by atoms with Gasteiger partial charge in [0, 0.05) is 18.9 Å². The third-order valence-corrected chi connectivity index (χ3v) is 4.87. The Kier molecular flexibility index (Phi) is 5.24. The number of primary sulfonamides is 1. The van der Waals surface area contributed by atoms with Gasteiger partial charge in [0.15, 0.2) is 0 Å². The fourth-order valence-corrected chi connectivity index (χ4v) is 3.17. The van der Waals surface area contributed by atoms with Crippen molar-refractivity contribution in [2.75, 3.05) is 7.11 Å². The van der Waals surface area contributed by atoms with Crippen molar-refractivity contribution >= 4 is 15.9 Å². The quantitative estimate of drug-likeness (QED) is 0.665. The molecule has 9 heteroatoms. The Bertz CT molecular complexity index is 1060. The molecule has 8 nitrogen and oxygen atoms in total. The van der Waals surface area contributed by atoms with Gasteiger partial charge in [-0.1, -0.05) is 18.2 Å². The maximum atomic E-state index is 12.6. The summed E-state index contributed by atoms with van der Waals surface area (Å²) in [6.45, 7) is 0.232. The molecule has 0 bridgehead atoms. The molecule has 0 aliphatic heterocycles. The molecule has 2 aromatic carbocycles. The van der Waals surface area contributed by atoms with Crippen molar-refractivity contribution in [1.82, 2.24) is 14.9 Å². The van der Waals surface area contributed by atoms with E-state index in [0.29, 0.717) is 0 Å². The fourth-order valence-electron chi connectivity index (χ4n) is 2.63. The number of nitrogens with one attached hydrogen (secondary N) is 1. The second-order valence-electron chi connectivity index (χ2n) is 5.69. The maximum absolute atomic E-state index is 12.6. The second-order valence-corrected chi connectivity index (χ2v) is 7.25. The number of imidazole rings is 1. The third kappa shape index (κ3) is 4.15. The topological polar surface area (TPSA) is 116 Å². The highest BCUT2D eigenvalue weighted by atomic mass is 32.2. The number of carbonyl (C=O) groups excluding carboxylic acids is 1. The Morgan fingerprint density at radius 3 is 2.70 bits per heavy atom. The molecule has 0 saturated carbocycles. The number of hydrogen-bond donors (Lipinski definition) is 2. The van der Waals surface area contributed by atoms with Crippen molar-refractivity contribution in [1.29, 1.82) is 0 Å². The van der Waals surface area contributed by atoms with Crippen LogP contribution in [-0.4, -0.2) is 31.0 Å². The van der Waals surface area contributed by atoms with Crippen LogP contribution in [0.25, 0.3) is 5.69 Å². The minimum Gasteiger partial charge on any atom is -0.496 e. The highest BCUT2D eigenvalue weighted by molar-refractivity contribution is 7.89. The average Bonchev–Trinajstić information content (AvgIpc) is 3.19. The number of carbonyl (C=O) groups is 1. The van der Waals surface area contributed by atoms with Gasteiger partial charge in [-0.2, -0.15) is 0 Å². The molecule has 3 aromatic rings. The minimum absolute atomic E-state index is 0.0872. The summed E-state index contributed by atoms with van der Waals surface area (Å²) in [6, 6.07) is 11.4. The lowest BCUT2D eigenvalue weighted by Crippen LogP contribution is -2.24. The van der Waals surface area contributed by atoms with Crippen LogP contribution in [0.4, 0.5) is 0 Å². The van der Waals surface area contributed by atoms with Crippen LogP contribution in [0.3, 0.4) is 0 Å². The fraction of sp³-hybridized carbons (Fsp3) is 0.111. The molecule has 3 rings (SSSR count). The number of rotatable bonds is 6. The van der Waals surface area contributed by atoms with Crippen LogP contribution in [-0.2, 0) is 16.6 Å². The van der Waals surface area contributed by atoms with Crippen LogP contribution in [0.1, 0.15) is 15.9 Å². The summed E-state index contributed by atoms with van der Waals surface area (Å²) in [7, 11) is -2.53. The molecule has 0 aliphatic carbocycles. The molecule has 0 spiro atoms. The Hall–Kier alpha value is -3.17. The highest BCUT2D eigenvalue weighted by Crippen LogP contribution is 2.22. The number of benzene rings is 2. The van der Waals surface area contributed by atoms with Crippen LogP contribution < -0.4 is 15.2 Å². The molecule has 140 valence electrons. The third-order valence-electron chi connectivity index (χ3n) is 3.96. The Labute approximate surface area is 156 Å². The zero-order valence-electron chi connectivity index (χ0n) is 14.5. The number of para-hydroxylation sites is 1. The van der Waals surface area contributed by atoms with Gasteiger partial charge >= 0.3 is 0 Å². The van der Waals surface area contributed by atoms with Crippen LogP contribution in [0.5, 0.6) is 5.75 Å². The molecule has 27 heavy (non-hydrogen) atoms. The van der Waals surface area contributed by atoms with Crippen molar-refractivity contribution in [2.45, 2.75) is 11.4 Å². The first kappa shape index (κ1) is 18.6. The lowest BCUT2D eigenvalue weighted by molar-refractivity contribution is 0.0947. The first-order valence-corrected chi connectivity index (χ1v) is 9.50. The molecule has 0 radical (unpaired) electrons. The van der Waals surface area contributed by atoms with Crippen molar-refractivity contribution in [3.8, 4) is 11.4 Å². The Morgan fingerprint density at radius 2 is 2.04 bits per heavy atom. The number of nitrogens with two attached hydrogens (primary N) is 1. The van der Waals surface area contributed by atoms with E-state index < -0.39 is 15.9 Å². The summed E-state index contributed by atoms with van der Waals surface area (Å²) < 4.78 is 30.1. The van der Waals surface area contributed by atoms with E-state index >= 15 is 0 Å². The molecule has 0 atom stereocenters. The van der Waals surface area contributed by atoms with E-state index in [4.69, 9.17) is 9.88 Å². The predicted octanol–water partition coefficient (Wildman–Crippen LogP) is 1.46. The number of methoxy groups -OCH3 is 1. The second kappa shape index (κ2) is 7.60. The zero-order valence-corrected chi connectivity index (χ0v) is 15.3. The number of sulfonamides is 1. The van der Waals surface area contributed by atoms with Gasteiger partial charge in [0.05, 0.1) is 29.6 Å².